The van der Waals surface area contributed by atoms with Gasteiger partial charge in [-0.05, 0) is 19.1 Å². The Bertz CT molecular complexity index is 435. The molecule has 2 rings (SSSR count). The molecule has 1 aromatic carbocycles. The maximum Gasteiger partial charge on any atom is 0.241 e. The number of rotatable bonds is 3. The normalized spacial score (nSPS) is 9.35. The van der Waals surface area contributed by atoms with Crippen molar-refractivity contribution in [3.63, 3.8) is 0 Å². The molecule has 0 unspecified atom stereocenters. The van der Waals surface area contributed by atoms with Gasteiger partial charge in [-0.1, -0.05) is 32.0 Å². The fourth-order valence-corrected chi connectivity index (χ4v) is 1.35. The summed E-state index contributed by atoms with van der Waals surface area (Å²) in [6.07, 6.45) is 0. The Balaban J connectivity index is 0.000000686. The van der Waals surface area contributed by atoms with Crippen LogP contribution in [0.15, 0.2) is 30.3 Å². The number of nitrogen functional groups attached to an aromatic ring is 1. The predicted octanol–water partition coefficient (Wildman–Crippen LogP) is 2.31. The monoisotopic (exact) mass is 233 g/mol. The van der Waals surface area contributed by atoms with Crippen LogP contribution in [0.25, 0.3) is 5.69 Å². The lowest BCUT2D eigenvalue weighted by atomic mass is 10.3. The first-order valence-corrected chi connectivity index (χ1v) is 5.83. The smallest absolute Gasteiger partial charge is 0.241 e. The van der Waals surface area contributed by atoms with E-state index >= 15 is 0 Å². The first kappa shape index (κ1) is 13.0. The molecule has 0 aliphatic carbocycles. The van der Waals surface area contributed by atoms with Crippen molar-refractivity contribution in [3.05, 3.63) is 30.3 Å². The summed E-state index contributed by atoms with van der Waals surface area (Å²) in [5, 5.41) is 7.23. The Morgan fingerprint density at radius 2 is 1.88 bits per heavy atom. The zero-order valence-corrected chi connectivity index (χ0v) is 10.5. The van der Waals surface area contributed by atoms with Crippen molar-refractivity contribution in [3.8, 4) is 5.69 Å². The minimum Gasteiger partial charge on any atom is -0.366 e. The Kier molecular flexibility index (Phi) is 5.00. The van der Waals surface area contributed by atoms with Crippen molar-refractivity contribution in [1.29, 1.82) is 0 Å². The number of hydrogen-bond donors (Lipinski definition) is 2. The summed E-state index contributed by atoms with van der Waals surface area (Å²) in [4.78, 5) is 4.10. The Morgan fingerprint density at radius 1 is 1.24 bits per heavy atom. The maximum absolute atomic E-state index is 5.56. The number of aromatic nitrogens is 3. The molecule has 0 bridgehead atoms. The molecule has 92 valence electrons. The molecule has 0 amide bonds. The van der Waals surface area contributed by atoms with Gasteiger partial charge in [0.15, 0.2) is 0 Å². The topological polar surface area (TPSA) is 68.8 Å². The molecule has 1 aromatic heterocycles. The minimum atomic E-state index is 0.273. The second-order valence-corrected chi connectivity index (χ2v) is 3.07. The predicted molar refractivity (Wildman–Crippen MR) is 71.3 cm³/mol. The van der Waals surface area contributed by atoms with Gasteiger partial charge in [0.1, 0.15) is 0 Å². The van der Waals surface area contributed by atoms with Crippen molar-refractivity contribution in [2.75, 3.05) is 17.6 Å². The number of nitrogens with zero attached hydrogens (tertiary/aromatic N) is 3. The second-order valence-electron chi connectivity index (χ2n) is 3.07. The van der Waals surface area contributed by atoms with E-state index in [4.69, 9.17) is 5.73 Å². The summed E-state index contributed by atoms with van der Waals surface area (Å²) in [6, 6.07) is 9.76. The van der Waals surface area contributed by atoms with Crippen LogP contribution in [0.3, 0.4) is 0 Å². The van der Waals surface area contributed by atoms with Crippen molar-refractivity contribution in [2.24, 2.45) is 0 Å². The fraction of sp³-hybridized carbons (Fsp3) is 0.333. The zero-order chi connectivity index (χ0) is 12.7. The van der Waals surface area contributed by atoms with Crippen LogP contribution in [0.1, 0.15) is 20.8 Å². The van der Waals surface area contributed by atoms with Crippen LogP contribution in [0.2, 0.25) is 0 Å². The molecule has 0 aliphatic heterocycles. The van der Waals surface area contributed by atoms with Gasteiger partial charge in [-0.15, -0.1) is 5.10 Å². The molecule has 5 heteroatoms. The molecule has 0 spiro atoms. The fourth-order valence-electron chi connectivity index (χ4n) is 1.35. The van der Waals surface area contributed by atoms with E-state index in [1.807, 2.05) is 51.1 Å². The number of benzene rings is 1. The van der Waals surface area contributed by atoms with Crippen molar-refractivity contribution in [2.45, 2.75) is 20.8 Å². The highest BCUT2D eigenvalue weighted by Gasteiger charge is 2.07. The third-order valence-corrected chi connectivity index (χ3v) is 1.96. The number of para-hydroxylation sites is 1. The quantitative estimate of drug-likeness (QED) is 0.853. The Hall–Kier alpha value is -2.04. The standard InChI is InChI=1S/C10H13N5.C2H6/c1-2-12-10-13-9(11)14-15(10)8-6-4-3-5-7-8;1-2/h3-7H,2H2,1H3,(H3,11,12,13,14);1-2H3. The lowest BCUT2D eigenvalue weighted by Crippen LogP contribution is -2.06. The van der Waals surface area contributed by atoms with E-state index in [1.54, 1.807) is 4.68 Å². The van der Waals surface area contributed by atoms with Gasteiger partial charge in [0.05, 0.1) is 5.69 Å². The van der Waals surface area contributed by atoms with Crippen LogP contribution >= 0.6 is 0 Å². The highest BCUT2D eigenvalue weighted by molar-refractivity contribution is 5.42. The van der Waals surface area contributed by atoms with E-state index in [1.165, 1.54) is 0 Å². The van der Waals surface area contributed by atoms with E-state index in [0.29, 0.717) is 5.95 Å². The summed E-state index contributed by atoms with van der Waals surface area (Å²) < 4.78 is 1.69. The van der Waals surface area contributed by atoms with Crippen LogP contribution in [-0.2, 0) is 0 Å². The minimum absolute atomic E-state index is 0.273. The number of nitrogens with two attached hydrogens (primary N) is 1. The summed E-state index contributed by atoms with van der Waals surface area (Å²) in [6.45, 7) is 6.78. The number of nitrogens with one attached hydrogen (secondary N) is 1. The van der Waals surface area contributed by atoms with Crippen molar-refractivity contribution in [1.82, 2.24) is 14.8 Å². The van der Waals surface area contributed by atoms with Gasteiger partial charge >= 0.3 is 0 Å². The third-order valence-electron chi connectivity index (χ3n) is 1.96. The van der Waals surface area contributed by atoms with Gasteiger partial charge < -0.3 is 11.1 Å². The van der Waals surface area contributed by atoms with Crippen molar-refractivity contribution >= 4 is 11.9 Å². The maximum atomic E-state index is 5.56. The number of hydrogen-bond acceptors (Lipinski definition) is 4. The third kappa shape index (κ3) is 3.21. The van der Waals surface area contributed by atoms with Crippen LogP contribution < -0.4 is 11.1 Å². The van der Waals surface area contributed by atoms with E-state index < -0.39 is 0 Å². The molecule has 0 radical (unpaired) electrons. The van der Waals surface area contributed by atoms with Gasteiger partial charge in [-0.3, -0.25) is 0 Å². The molecule has 2 aromatic rings. The SMILES string of the molecule is CC.CCNc1nc(N)nn1-c1ccccc1. The summed E-state index contributed by atoms with van der Waals surface area (Å²) in [7, 11) is 0. The molecule has 0 saturated heterocycles. The first-order chi connectivity index (χ1) is 8.31. The van der Waals surface area contributed by atoms with Crippen LogP contribution in [0.5, 0.6) is 0 Å². The van der Waals surface area contributed by atoms with E-state index in [2.05, 4.69) is 15.4 Å². The average Bonchev–Trinajstić information content (AvgIpc) is 2.75. The molecular weight excluding hydrogens is 214 g/mol. The molecule has 0 aliphatic rings. The van der Waals surface area contributed by atoms with Crippen LogP contribution in [-0.4, -0.2) is 21.3 Å². The van der Waals surface area contributed by atoms with Gasteiger partial charge in [-0.2, -0.15) is 9.67 Å². The summed E-state index contributed by atoms with van der Waals surface area (Å²) in [5.41, 5.74) is 6.51. The lowest BCUT2D eigenvalue weighted by Gasteiger charge is -2.05. The molecule has 1 heterocycles. The summed E-state index contributed by atoms with van der Waals surface area (Å²) in [5.74, 6) is 0.941. The lowest BCUT2D eigenvalue weighted by molar-refractivity contribution is 0.881. The molecule has 3 N–H and O–H groups in total. The second kappa shape index (κ2) is 6.52. The molecule has 0 fully saturated rings. The molecule has 0 atom stereocenters. The van der Waals surface area contributed by atoms with Crippen LogP contribution in [0, 0.1) is 0 Å². The average molecular weight is 233 g/mol. The highest BCUT2D eigenvalue weighted by atomic mass is 15.4. The Labute approximate surface area is 102 Å². The number of anilines is 2. The van der Waals surface area contributed by atoms with Gasteiger partial charge in [0.2, 0.25) is 11.9 Å². The molecule has 5 nitrogen and oxygen atoms in total. The van der Waals surface area contributed by atoms with E-state index in [0.717, 1.165) is 12.2 Å². The van der Waals surface area contributed by atoms with E-state index in [-0.39, 0.29) is 5.95 Å². The molecule has 0 saturated carbocycles. The van der Waals surface area contributed by atoms with Gasteiger partial charge in [-0.25, -0.2) is 0 Å². The summed E-state index contributed by atoms with van der Waals surface area (Å²) >= 11 is 0. The van der Waals surface area contributed by atoms with Crippen molar-refractivity contribution < 1.29 is 0 Å². The first-order valence-electron chi connectivity index (χ1n) is 5.83. The van der Waals surface area contributed by atoms with Gasteiger partial charge in [0.25, 0.3) is 0 Å². The van der Waals surface area contributed by atoms with Gasteiger partial charge in [0, 0.05) is 6.54 Å². The Morgan fingerprint density at radius 3 is 2.47 bits per heavy atom. The molecule has 17 heavy (non-hydrogen) atoms. The highest BCUT2D eigenvalue weighted by Crippen LogP contribution is 2.13. The largest absolute Gasteiger partial charge is 0.366 e. The van der Waals surface area contributed by atoms with E-state index in [9.17, 15) is 0 Å². The van der Waals surface area contributed by atoms with Crippen LogP contribution in [0.4, 0.5) is 11.9 Å². The molecular formula is C12H19N5. The zero-order valence-electron chi connectivity index (χ0n) is 10.5.